The molecule has 1 aromatic rings. The standard InChI is InChI=1S/C14H18N2O.CH4O/c1-9-2-3-12-11(8-9)13(14(17)16-12)10-4-6-15-7-5-10;1-2/h2-3,8,10,13,15H,4-7H2,1H3,(H,16,17);2H,1H3. The number of hydrogen-bond donors (Lipinski definition) is 3. The molecule has 1 saturated heterocycles. The predicted octanol–water partition coefficient (Wildman–Crippen LogP) is 1.64. The molecule has 4 nitrogen and oxygen atoms in total. The molecule has 1 unspecified atom stereocenters. The minimum atomic E-state index is 0.0759. The van der Waals surface area contributed by atoms with Crippen molar-refractivity contribution in [2.24, 2.45) is 5.92 Å². The Kier molecular flexibility index (Phi) is 4.56. The Morgan fingerprint density at radius 1 is 1.21 bits per heavy atom. The van der Waals surface area contributed by atoms with Crippen LogP contribution in [0.1, 0.15) is 29.9 Å². The Hall–Kier alpha value is -1.39. The highest BCUT2D eigenvalue weighted by atomic mass is 16.2. The van der Waals surface area contributed by atoms with Crippen LogP contribution in [-0.2, 0) is 4.79 Å². The van der Waals surface area contributed by atoms with Crippen molar-refractivity contribution >= 4 is 11.6 Å². The van der Waals surface area contributed by atoms with Gasteiger partial charge in [-0.2, -0.15) is 0 Å². The third-order valence-electron chi connectivity index (χ3n) is 3.94. The summed E-state index contributed by atoms with van der Waals surface area (Å²) in [5.41, 5.74) is 3.46. The number of nitrogens with one attached hydrogen (secondary N) is 2. The summed E-state index contributed by atoms with van der Waals surface area (Å²) in [7, 11) is 1.00. The van der Waals surface area contributed by atoms with Crippen LogP contribution in [0.4, 0.5) is 5.69 Å². The molecular formula is C15H22N2O2. The smallest absolute Gasteiger partial charge is 0.232 e. The number of hydrogen-bond acceptors (Lipinski definition) is 3. The van der Waals surface area contributed by atoms with E-state index in [4.69, 9.17) is 5.11 Å². The Bertz CT molecular complexity index is 453. The van der Waals surface area contributed by atoms with Gasteiger partial charge in [-0.3, -0.25) is 4.79 Å². The van der Waals surface area contributed by atoms with Crippen molar-refractivity contribution < 1.29 is 9.90 Å². The van der Waals surface area contributed by atoms with Gasteiger partial charge in [0.05, 0.1) is 5.92 Å². The lowest BCUT2D eigenvalue weighted by Gasteiger charge is -2.27. The van der Waals surface area contributed by atoms with Gasteiger partial charge in [-0.15, -0.1) is 0 Å². The molecule has 0 bridgehead atoms. The largest absolute Gasteiger partial charge is 0.400 e. The quantitative estimate of drug-likeness (QED) is 0.721. The van der Waals surface area contributed by atoms with Crippen LogP contribution in [0.2, 0.25) is 0 Å². The maximum Gasteiger partial charge on any atom is 0.232 e. The molecule has 0 spiro atoms. The van der Waals surface area contributed by atoms with E-state index in [0.29, 0.717) is 5.92 Å². The maximum absolute atomic E-state index is 12.1. The second-order valence-corrected chi connectivity index (χ2v) is 5.15. The molecule has 4 heteroatoms. The first-order valence-electron chi connectivity index (χ1n) is 6.82. The van der Waals surface area contributed by atoms with Gasteiger partial charge >= 0.3 is 0 Å². The number of aliphatic hydroxyl groups excluding tert-OH is 1. The molecule has 2 aliphatic heterocycles. The predicted molar refractivity (Wildman–Crippen MR) is 76.3 cm³/mol. The Labute approximate surface area is 114 Å². The lowest BCUT2D eigenvalue weighted by atomic mass is 9.81. The van der Waals surface area contributed by atoms with Gasteiger partial charge in [-0.05, 0) is 50.4 Å². The van der Waals surface area contributed by atoms with Crippen molar-refractivity contribution in [2.75, 3.05) is 25.5 Å². The molecule has 0 aliphatic carbocycles. The molecule has 104 valence electrons. The van der Waals surface area contributed by atoms with Gasteiger partial charge in [-0.1, -0.05) is 17.7 Å². The third-order valence-corrected chi connectivity index (χ3v) is 3.94. The van der Waals surface area contributed by atoms with Gasteiger partial charge in [0.25, 0.3) is 0 Å². The van der Waals surface area contributed by atoms with Crippen LogP contribution < -0.4 is 10.6 Å². The molecule has 0 aromatic heterocycles. The second kappa shape index (κ2) is 6.17. The molecule has 2 heterocycles. The molecular weight excluding hydrogens is 240 g/mol. The minimum Gasteiger partial charge on any atom is -0.400 e. The lowest BCUT2D eigenvalue weighted by Crippen LogP contribution is -2.33. The van der Waals surface area contributed by atoms with Crippen LogP contribution >= 0.6 is 0 Å². The van der Waals surface area contributed by atoms with Crippen LogP contribution in [0, 0.1) is 12.8 Å². The molecule has 1 fully saturated rings. The second-order valence-electron chi connectivity index (χ2n) is 5.15. The molecule has 2 aliphatic rings. The van der Waals surface area contributed by atoms with E-state index in [1.165, 1.54) is 11.1 Å². The van der Waals surface area contributed by atoms with Crippen LogP contribution in [0.15, 0.2) is 18.2 Å². The van der Waals surface area contributed by atoms with Crippen LogP contribution in [0.5, 0.6) is 0 Å². The zero-order valence-electron chi connectivity index (χ0n) is 11.6. The number of piperidine rings is 1. The summed E-state index contributed by atoms with van der Waals surface area (Å²) in [6.45, 7) is 4.16. The van der Waals surface area contributed by atoms with E-state index in [9.17, 15) is 4.79 Å². The molecule has 1 amide bonds. The molecule has 0 saturated carbocycles. The number of aliphatic hydroxyl groups is 1. The highest BCUT2D eigenvalue weighted by Gasteiger charge is 2.37. The summed E-state index contributed by atoms with van der Waals surface area (Å²) in [5.74, 6) is 0.767. The maximum atomic E-state index is 12.1. The van der Waals surface area contributed by atoms with Crippen molar-refractivity contribution in [2.45, 2.75) is 25.7 Å². The highest BCUT2D eigenvalue weighted by Crippen LogP contribution is 2.40. The van der Waals surface area contributed by atoms with Gasteiger partial charge in [0.1, 0.15) is 0 Å². The van der Waals surface area contributed by atoms with Crippen molar-refractivity contribution in [3.8, 4) is 0 Å². The fourth-order valence-electron chi connectivity index (χ4n) is 3.05. The average Bonchev–Trinajstić information content (AvgIpc) is 2.77. The van der Waals surface area contributed by atoms with Gasteiger partial charge in [0.2, 0.25) is 5.91 Å². The first-order chi connectivity index (χ1) is 9.25. The molecule has 19 heavy (non-hydrogen) atoms. The molecule has 1 aromatic carbocycles. The summed E-state index contributed by atoms with van der Waals surface area (Å²) in [6.07, 6.45) is 2.21. The number of rotatable bonds is 1. The van der Waals surface area contributed by atoms with Crippen molar-refractivity contribution in [3.05, 3.63) is 29.3 Å². The van der Waals surface area contributed by atoms with E-state index < -0.39 is 0 Å². The van der Waals surface area contributed by atoms with Crippen LogP contribution in [-0.4, -0.2) is 31.2 Å². The number of aryl methyl sites for hydroxylation is 1. The average molecular weight is 262 g/mol. The van der Waals surface area contributed by atoms with Crippen LogP contribution in [0.3, 0.4) is 0 Å². The summed E-state index contributed by atoms with van der Waals surface area (Å²) in [6, 6.07) is 6.26. The van der Waals surface area contributed by atoms with Crippen molar-refractivity contribution in [1.82, 2.24) is 5.32 Å². The molecule has 0 radical (unpaired) electrons. The SMILES string of the molecule is CO.Cc1ccc2c(c1)C(C1CCNCC1)C(=O)N2. The van der Waals surface area contributed by atoms with E-state index in [2.05, 4.69) is 29.7 Å². The lowest BCUT2D eigenvalue weighted by molar-refractivity contribution is -0.118. The fraction of sp³-hybridized carbons (Fsp3) is 0.533. The Balaban J connectivity index is 0.000000637. The van der Waals surface area contributed by atoms with Crippen LogP contribution in [0.25, 0.3) is 0 Å². The Morgan fingerprint density at radius 2 is 1.89 bits per heavy atom. The van der Waals surface area contributed by atoms with Gasteiger partial charge < -0.3 is 15.7 Å². The van der Waals surface area contributed by atoms with Crippen molar-refractivity contribution in [3.63, 3.8) is 0 Å². The number of carbonyl (C=O) groups is 1. The topological polar surface area (TPSA) is 61.4 Å². The number of amides is 1. The summed E-state index contributed by atoms with van der Waals surface area (Å²) in [4.78, 5) is 12.1. The number of carbonyl (C=O) groups excluding carboxylic acids is 1. The summed E-state index contributed by atoms with van der Waals surface area (Å²) in [5, 5.41) is 13.4. The fourth-order valence-corrected chi connectivity index (χ4v) is 3.05. The first-order valence-corrected chi connectivity index (χ1v) is 6.82. The van der Waals surface area contributed by atoms with Gasteiger partial charge in [0, 0.05) is 12.8 Å². The van der Waals surface area contributed by atoms with E-state index in [-0.39, 0.29) is 11.8 Å². The first kappa shape index (κ1) is 14.0. The van der Waals surface area contributed by atoms with E-state index in [1.54, 1.807) is 0 Å². The molecule has 1 atom stereocenters. The summed E-state index contributed by atoms with van der Waals surface area (Å²) >= 11 is 0. The third kappa shape index (κ3) is 2.80. The number of fused-ring (bicyclic) bond motifs is 1. The minimum absolute atomic E-state index is 0.0759. The normalized spacial score (nSPS) is 22.3. The van der Waals surface area contributed by atoms with Gasteiger partial charge in [-0.25, -0.2) is 0 Å². The zero-order valence-corrected chi connectivity index (χ0v) is 11.6. The Morgan fingerprint density at radius 3 is 2.58 bits per heavy atom. The van der Waals surface area contributed by atoms with E-state index >= 15 is 0 Å². The molecule has 3 rings (SSSR count). The zero-order chi connectivity index (χ0) is 13.8. The summed E-state index contributed by atoms with van der Waals surface area (Å²) < 4.78 is 0. The number of benzene rings is 1. The van der Waals surface area contributed by atoms with E-state index in [1.807, 2.05) is 6.07 Å². The highest BCUT2D eigenvalue weighted by molar-refractivity contribution is 6.03. The van der Waals surface area contributed by atoms with Gasteiger partial charge in [0.15, 0.2) is 0 Å². The molecule has 3 N–H and O–H groups in total. The van der Waals surface area contributed by atoms with Crippen molar-refractivity contribution in [1.29, 1.82) is 0 Å². The number of anilines is 1. The van der Waals surface area contributed by atoms with E-state index in [0.717, 1.165) is 38.7 Å². The monoisotopic (exact) mass is 262 g/mol.